The predicted molar refractivity (Wildman–Crippen MR) is 76.1 cm³/mol. The molecule has 0 fully saturated rings. The Bertz CT molecular complexity index is 901. The van der Waals surface area contributed by atoms with Crippen molar-refractivity contribution in [2.45, 2.75) is 10.1 Å². The molecular weight excluding hydrogens is 296 g/mol. The Morgan fingerprint density at radius 2 is 2.00 bits per heavy atom. The van der Waals surface area contributed by atoms with Gasteiger partial charge < -0.3 is 4.42 Å². The van der Waals surface area contributed by atoms with Crippen molar-refractivity contribution in [1.82, 2.24) is 4.98 Å². The molecule has 0 radical (unpaired) electrons. The fraction of sp³-hybridized carbons (Fsp3) is 0. The largest absolute Gasteiger partial charge is 0.430 e. The van der Waals surface area contributed by atoms with E-state index in [0.717, 1.165) is 4.90 Å². The number of hydrogen-bond donors (Lipinski definition) is 0. The van der Waals surface area contributed by atoms with Crippen LogP contribution in [0.1, 0.15) is 10.4 Å². The van der Waals surface area contributed by atoms with E-state index < -0.39 is 10.7 Å². The molecule has 0 spiro atoms. The molecule has 1 aromatic heterocycles. The Balaban J connectivity index is 1.92. The third-order valence-corrected chi connectivity index (χ3v) is 4.86. The molecular formula is C14H7ClN2O2S. The third kappa shape index (κ3) is 1.71. The maximum atomic E-state index is 11.9. The predicted octanol–water partition coefficient (Wildman–Crippen LogP) is 3.85. The van der Waals surface area contributed by atoms with Gasteiger partial charge in [0.15, 0.2) is 5.58 Å². The summed E-state index contributed by atoms with van der Waals surface area (Å²) in [5.41, 5.74) is 1.94. The number of carbonyl (C=O) groups excluding carboxylic acids is 1. The van der Waals surface area contributed by atoms with E-state index in [1.807, 2.05) is 18.2 Å². The lowest BCUT2D eigenvalue weighted by Gasteiger charge is -1.97. The summed E-state index contributed by atoms with van der Waals surface area (Å²) in [7, 11) is -0.780. The first-order chi connectivity index (χ1) is 9.72. The fourth-order valence-corrected chi connectivity index (χ4v) is 3.81. The number of amides is 1. The van der Waals surface area contributed by atoms with Crippen LogP contribution < -0.4 is 0 Å². The average molecular weight is 303 g/mol. The summed E-state index contributed by atoms with van der Waals surface area (Å²) in [6.45, 7) is 0. The zero-order valence-corrected chi connectivity index (χ0v) is 11.6. The minimum absolute atomic E-state index is 0.218. The van der Waals surface area contributed by atoms with Crippen molar-refractivity contribution in [2.75, 3.05) is 0 Å². The van der Waals surface area contributed by atoms with Crippen LogP contribution in [0.15, 0.2) is 61.4 Å². The molecule has 1 aliphatic heterocycles. The first-order valence-electron chi connectivity index (χ1n) is 5.88. The van der Waals surface area contributed by atoms with Crippen molar-refractivity contribution in [3.63, 3.8) is 0 Å². The monoisotopic (exact) mass is 302 g/mol. The van der Waals surface area contributed by atoms with Gasteiger partial charge in [0, 0.05) is 20.6 Å². The molecule has 4 nitrogen and oxygen atoms in total. The second kappa shape index (κ2) is 4.26. The molecule has 2 heterocycles. The number of nitrogens with zero attached hydrogens (tertiary/aromatic N) is 2. The SMILES string of the molecule is O=C1N=S(c2nc3cc(Cl)ccc3o2)c2ccccc21. The molecule has 0 saturated heterocycles. The zero-order valence-electron chi connectivity index (χ0n) is 10.0. The maximum Gasteiger partial charge on any atom is 0.284 e. The van der Waals surface area contributed by atoms with Crippen LogP contribution in [0.5, 0.6) is 0 Å². The smallest absolute Gasteiger partial charge is 0.284 e. The Morgan fingerprint density at radius 1 is 1.15 bits per heavy atom. The lowest BCUT2D eigenvalue weighted by atomic mass is 10.2. The molecule has 6 heteroatoms. The molecule has 4 rings (SSSR count). The van der Waals surface area contributed by atoms with Gasteiger partial charge in [-0.1, -0.05) is 23.7 Å². The average Bonchev–Trinajstić information content (AvgIpc) is 3.00. The standard InChI is InChI=1S/C14H7ClN2O2S/c15-8-5-6-11-10(7-8)16-14(19-11)20-12-4-2-1-3-9(12)13(18)17-20/h1-7H. The molecule has 1 unspecified atom stereocenters. The second-order valence-electron chi connectivity index (χ2n) is 4.27. The Morgan fingerprint density at radius 3 is 2.90 bits per heavy atom. The van der Waals surface area contributed by atoms with Gasteiger partial charge in [0.05, 0.1) is 5.56 Å². The highest BCUT2D eigenvalue weighted by Gasteiger charge is 2.26. The van der Waals surface area contributed by atoms with Crippen LogP contribution in [0.3, 0.4) is 0 Å². The fourth-order valence-electron chi connectivity index (χ4n) is 2.09. The lowest BCUT2D eigenvalue weighted by molar-refractivity contribution is 0.101. The molecule has 1 amide bonds. The Labute approximate surface area is 121 Å². The number of oxazole rings is 1. The van der Waals surface area contributed by atoms with Crippen LogP contribution in [0.4, 0.5) is 0 Å². The molecule has 20 heavy (non-hydrogen) atoms. The molecule has 0 bridgehead atoms. The molecule has 1 aliphatic rings. The summed E-state index contributed by atoms with van der Waals surface area (Å²) in [6.07, 6.45) is 0. The van der Waals surface area contributed by atoms with Gasteiger partial charge in [-0.05, 0) is 30.3 Å². The molecule has 0 N–H and O–H groups in total. The zero-order chi connectivity index (χ0) is 13.7. The highest BCUT2D eigenvalue weighted by molar-refractivity contribution is 7.88. The van der Waals surface area contributed by atoms with E-state index in [9.17, 15) is 4.79 Å². The van der Waals surface area contributed by atoms with Gasteiger partial charge in [-0.2, -0.15) is 4.36 Å². The summed E-state index contributed by atoms with van der Waals surface area (Å²) in [5.74, 6) is -0.218. The number of rotatable bonds is 1. The number of benzene rings is 2. The van der Waals surface area contributed by atoms with Crippen LogP contribution in [0, 0.1) is 0 Å². The highest BCUT2D eigenvalue weighted by Crippen LogP contribution is 2.30. The molecule has 1 atom stereocenters. The first kappa shape index (κ1) is 11.8. The quantitative estimate of drug-likeness (QED) is 0.686. The summed E-state index contributed by atoms with van der Waals surface area (Å²) < 4.78 is 9.85. The van der Waals surface area contributed by atoms with E-state index in [1.165, 1.54) is 0 Å². The van der Waals surface area contributed by atoms with E-state index in [4.69, 9.17) is 16.0 Å². The van der Waals surface area contributed by atoms with E-state index in [0.29, 0.717) is 26.9 Å². The van der Waals surface area contributed by atoms with Crippen LogP contribution >= 0.6 is 11.6 Å². The molecule has 2 aromatic carbocycles. The number of carbonyl (C=O) groups is 1. The molecule has 3 aromatic rings. The van der Waals surface area contributed by atoms with E-state index in [-0.39, 0.29) is 5.91 Å². The van der Waals surface area contributed by atoms with Gasteiger partial charge in [0.2, 0.25) is 0 Å². The van der Waals surface area contributed by atoms with E-state index >= 15 is 0 Å². The van der Waals surface area contributed by atoms with Gasteiger partial charge >= 0.3 is 0 Å². The summed E-state index contributed by atoms with van der Waals surface area (Å²) in [6, 6.07) is 12.6. The third-order valence-electron chi connectivity index (χ3n) is 3.00. The van der Waals surface area contributed by atoms with Gasteiger partial charge in [0.1, 0.15) is 5.52 Å². The van der Waals surface area contributed by atoms with E-state index in [1.54, 1.807) is 24.3 Å². The van der Waals surface area contributed by atoms with Crippen molar-refractivity contribution in [2.24, 2.45) is 4.36 Å². The summed E-state index contributed by atoms with van der Waals surface area (Å²) >= 11 is 5.93. The van der Waals surface area contributed by atoms with Crippen molar-refractivity contribution in [1.29, 1.82) is 0 Å². The molecule has 0 saturated carbocycles. The Kier molecular flexibility index (Phi) is 2.52. The van der Waals surface area contributed by atoms with Crippen LogP contribution in [-0.4, -0.2) is 10.9 Å². The van der Waals surface area contributed by atoms with Crippen LogP contribution in [-0.2, 0) is 10.7 Å². The van der Waals surface area contributed by atoms with Crippen LogP contribution in [0.2, 0.25) is 5.02 Å². The molecule has 0 aliphatic carbocycles. The second-order valence-corrected chi connectivity index (χ2v) is 6.25. The number of halogens is 1. The summed E-state index contributed by atoms with van der Waals surface area (Å²) in [4.78, 5) is 17.1. The lowest BCUT2D eigenvalue weighted by Crippen LogP contribution is -1.91. The van der Waals surface area contributed by atoms with Crippen LogP contribution in [0.25, 0.3) is 11.1 Å². The highest BCUT2D eigenvalue weighted by atomic mass is 35.5. The van der Waals surface area contributed by atoms with Crippen molar-refractivity contribution in [3.05, 3.63) is 53.1 Å². The Hall–Kier alpha value is -1.98. The minimum Gasteiger partial charge on any atom is -0.430 e. The maximum absolute atomic E-state index is 11.9. The van der Waals surface area contributed by atoms with Crippen molar-refractivity contribution in [3.8, 4) is 0 Å². The van der Waals surface area contributed by atoms with Gasteiger partial charge in [-0.25, -0.2) is 4.98 Å². The number of hydrogen-bond acceptors (Lipinski definition) is 3. The number of aromatic nitrogens is 1. The van der Waals surface area contributed by atoms with Gasteiger partial charge in [0.25, 0.3) is 11.1 Å². The molecule has 98 valence electrons. The minimum atomic E-state index is -0.780. The van der Waals surface area contributed by atoms with Gasteiger partial charge in [-0.3, -0.25) is 4.79 Å². The van der Waals surface area contributed by atoms with E-state index in [2.05, 4.69) is 9.35 Å². The first-order valence-corrected chi connectivity index (χ1v) is 7.44. The van der Waals surface area contributed by atoms with Crippen molar-refractivity contribution >= 4 is 39.3 Å². The van der Waals surface area contributed by atoms with Gasteiger partial charge in [-0.15, -0.1) is 0 Å². The summed E-state index contributed by atoms with van der Waals surface area (Å²) in [5, 5.41) is 1.04. The van der Waals surface area contributed by atoms with Crippen molar-refractivity contribution < 1.29 is 9.21 Å². The topological polar surface area (TPSA) is 55.5 Å². The number of fused-ring (bicyclic) bond motifs is 2. The normalized spacial score (nSPS) is 17.2.